The largest absolute Gasteiger partial charge is 0.490 e. The summed E-state index contributed by atoms with van der Waals surface area (Å²) in [5.74, 6) is -1.06. The first-order chi connectivity index (χ1) is 12.0. The van der Waals surface area contributed by atoms with E-state index < -0.39 is 17.5 Å². The number of hydrogen-bond donors (Lipinski definition) is 0. The molecule has 0 amide bonds. The van der Waals surface area contributed by atoms with Crippen molar-refractivity contribution < 1.29 is 22.6 Å². The van der Waals surface area contributed by atoms with Crippen molar-refractivity contribution in [1.82, 2.24) is 0 Å². The van der Waals surface area contributed by atoms with Crippen LogP contribution in [0, 0.1) is 5.82 Å². The molecule has 0 aromatic heterocycles. The molecule has 1 aromatic carbocycles. The predicted octanol–water partition coefficient (Wildman–Crippen LogP) is 6.56. The zero-order chi connectivity index (χ0) is 18.3. The van der Waals surface area contributed by atoms with Gasteiger partial charge >= 0.3 is 6.11 Å². The topological polar surface area (TPSA) is 18.5 Å². The highest BCUT2D eigenvalue weighted by atomic mass is 19.3. The van der Waals surface area contributed by atoms with Crippen LogP contribution in [0.1, 0.15) is 63.0 Å². The van der Waals surface area contributed by atoms with Crippen LogP contribution in [0.25, 0.3) is 6.08 Å². The van der Waals surface area contributed by atoms with Gasteiger partial charge in [0.1, 0.15) is 11.3 Å². The van der Waals surface area contributed by atoms with Gasteiger partial charge < -0.3 is 9.47 Å². The maximum Gasteiger partial charge on any atom is 0.430 e. The molecule has 138 valence electrons. The summed E-state index contributed by atoms with van der Waals surface area (Å²) in [6, 6.07) is 2.84. The molecule has 2 nitrogen and oxygen atoms in total. The number of ether oxygens (including phenoxy) is 2. The number of rotatable bonds is 10. The van der Waals surface area contributed by atoms with Gasteiger partial charge in [0, 0.05) is 6.42 Å². The molecule has 2 rings (SSSR count). The zero-order valence-corrected chi connectivity index (χ0v) is 14.6. The minimum atomic E-state index is -3.69. The highest BCUT2D eigenvalue weighted by molar-refractivity contribution is 5.60. The number of allylic oxidation sites excluding steroid dienone is 1. The molecule has 1 aliphatic rings. The molecular formula is C20H25F3O2. The smallest absolute Gasteiger partial charge is 0.430 e. The molecule has 0 saturated carbocycles. The molecule has 1 heterocycles. The van der Waals surface area contributed by atoms with Crippen molar-refractivity contribution in [2.75, 3.05) is 6.61 Å². The van der Waals surface area contributed by atoms with Crippen LogP contribution in [0.4, 0.5) is 13.2 Å². The Balaban J connectivity index is 2.13. The monoisotopic (exact) mass is 354 g/mol. The Morgan fingerprint density at radius 2 is 1.96 bits per heavy atom. The second-order valence-corrected chi connectivity index (χ2v) is 6.16. The normalized spacial score (nSPS) is 15.1. The van der Waals surface area contributed by atoms with Crippen molar-refractivity contribution >= 4 is 6.08 Å². The summed E-state index contributed by atoms with van der Waals surface area (Å²) >= 11 is 0. The standard InChI is InChI=1S/C20H25F3O2/c1-3-5-7-8-9-10-16-14-15-11-12-17(24-13-6-4-2)19(21)18(15)20(22,23)25-16/h4,11-12,14H,2-3,5-10,13H2,1H3. The van der Waals surface area contributed by atoms with Gasteiger partial charge in [-0.2, -0.15) is 8.78 Å². The van der Waals surface area contributed by atoms with Gasteiger partial charge in [0.15, 0.2) is 11.6 Å². The number of halogens is 3. The Hall–Kier alpha value is -1.91. The summed E-state index contributed by atoms with van der Waals surface area (Å²) in [5.41, 5.74) is -0.605. The summed E-state index contributed by atoms with van der Waals surface area (Å²) in [6.07, 6.45) is 5.46. The number of benzene rings is 1. The summed E-state index contributed by atoms with van der Waals surface area (Å²) in [5, 5.41) is 0. The summed E-state index contributed by atoms with van der Waals surface area (Å²) in [7, 11) is 0. The summed E-state index contributed by atoms with van der Waals surface area (Å²) in [4.78, 5) is 0. The molecule has 1 aliphatic heterocycles. The van der Waals surface area contributed by atoms with Crippen LogP contribution in [0.15, 0.2) is 30.5 Å². The van der Waals surface area contributed by atoms with Crippen LogP contribution < -0.4 is 4.74 Å². The molecule has 0 radical (unpaired) electrons. The van der Waals surface area contributed by atoms with Gasteiger partial charge in [0.25, 0.3) is 0 Å². The van der Waals surface area contributed by atoms with Crippen LogP contribution in [-0.2, 0) is 10.8 Å². The van der Waals surface area contributed by atoms with Crippen molar-refractivity contribution in [1.29, 1.82) is 0 Å². The Kier molecular flexibility index (Phi) is 6.97. The van der Waals surface area contributed by atoms with E-state index in [-0.39, 0.29) is 23.7 Å². The van der Waals surface area contributed by atoms with E-state index in [2.05, 4.69) is 13.5 Å². The fourth-order valence-corrected chi connectivity index (χ4v) is 2.80. The van der Waals surface area contributed by atoms with E-state index in [4.69, 9.17) is 9.47 Å². The van der Waals surface area contributed by atoms with E-state index in [0.717, 1.165) is 32.1 Å². The van der Waals surface area contributed by atoms with E-state index in [1.165, 1.54) is 18.2 Å². The Bertz CT molecular complexity index is 624. The van der Waals surface area contributed by atoms with Crippen molar-refractivity contribution in [2.45, 2.75) is 58.0 Å². The lowest BCUT2D eigenvalue weighted by Gasteiger charge is -2.27. The fourth-order valence-electron chi connectivity index (χ4n) is 2.80. The Morgan fingerprint density at radius 1 is 1.20 bits per heavy atom. The van der Waals surface area contributed by atoms with Gasteiger partial charge in [-0.25, -0.2) is 4.39 Å². The molecule has 0 N–H and O–H groups in total. The lowest BCUT2D eigenvalue weighted by molar-refractivity contribution is -0.228. The van der Waals surface area contributed by atoms with Crippen LogP contribution in [0.2, 0.25) is 0 Å². The molecule has 0 bridgehead atoms. The van der Waals surface area contributed by atoms with E-state index >= 15 is 0 Å². The number of fused-ring (bicyclic) bond motifs is 1. The lowest BCUT2D eigenvalue weighted by Crippen LogP contribution is -2.24. The molecule has 0 saturated heterocycles. The van der Waals surface area contributed by atoms with Crippen LogP contribution in [0.5, 0.6) is 5.75 Å². The first-order valence-electron chi connectivity index (χ1n) is 8.83. The van der Waals surface area contributed by atoms with Crippen LogP contribution in [0.3, 0.4) is 0 Å². The van der Waals surface area contributed by atoms with Crippen molar-refractivity contribution in [3.05, 3.63) is 47.5 Å². The quantitative estimate of drug-likeness (QED) is 0.350. The number of unbranched alkanes of at least 4 members (excludes halogenated alkanes) is 4. The van der Waals surface area contributed by atoms with Gasteiger partial charge in [-0.05, 0) is 30.5 Å². The zero-order valence-electron chi connectivity index (χ0n) is 14.6. The Morgan fingerprint density at radius 3 is 2.68 bits per heavy atom. The average molecular weight is 354 g/mol. The molecule has 1 aromatic rings. The van der Waals surface area contributed by atoms with E-state index in [9.17, 15) is 13.2 Å². The SMILES string of the molecule is C=CCCOc1ccc2c(c1F)C(F)(F)OC(CCCCCCC)=C2. The molecule has 0 atom stereocenters. The third-order valence-corrected chi connectivity index (χ3v) is 4.11. The highest BCUT2D eigenvalue weighted by Gasteiger charge is 2.43. The molecule has 25 heavy (non-hydrogen) atoms. The van der Waals surface area contributed by atoms with Gasteiger partial charge in [-0.1, -0.05) is 44.7 Å². The van der Waals surface area contributed by atoms with Crippen molar-refractivity contribution in [3.63, 3.8) is 0 Å². The second kappa shape index (κ2) is 8.97. The maximum absolute atomic E-state index is 14.5. The molecular weight excluding hydrogens is 329 g/mol. The van der Waals surface area contributed by atoms with E-state index in [1.54, 1.807) is 6.08 Å². The first-order valence-corrected chi connectivity index (χ1v) is 8.83. The first kappa shape index (κ1) is 19.4. The molecule has 0 spiro atoms. The Labute approximate surface area is 147 Å². The third-order valence-electron chi connectivity index (χ3n) is 4.11. The predicted molar refractivity (Wildman–Crippen MR) is 93.0 cm³/mol. The highest BCUT2D eigenvalue weighted by Crippen LogP contribution is 2.43. The fraction of sp³-hybridized carbons (Fsp3) is 0.500. The number of hydrogen-bond acceptors (Lipinski definition) is 2. The van der Waals surface area contributed by atoms with Crippen molar-refractivity contribution in [3.8, 4) is 5.75 Å². The maximum atomic E-state index is 14.5. The van der Waals surface area contributed by atoms with Gasteiger partial charge in [0.2, 0.25) is 0 Å². The summed E-state index contributed by atoms with van der Waals surface area (Å²) < 4.78 is 53.1. The van der Waals surface area contributed by atoms with Gasteiger partial charge in [-0.3, -0.25) is 0 Å². The summed E-state index contributed by atoms with van der Waals surface area (Å²) in [6.45, 7) is 5.84. The molecule has 5 heteroatoms. The van der Waals surface area contributed by atoms with Gasteiger partial charge in [0.05, 0.1) is 6.61 Å². The van der Waals surface area contributed by atoms with E-state index in [0.29, 0.717) is 12.8 Å². The minimum absolute atomic E-state index is 0.147. The van der Waals surface area contributed by atoms with Crippen LogP contribution >= 0.6 is 0 Å². The average Bonchev–Trinajstić information content (AvgIpc) is 2.56. The lowest BCUT2D eigenvalue weighted by atomic mass is 10.0. The third kappa shape index (κ3) is 5.03. The second-order valence-electron chi connectivity index (χ2n) is 6.16. The van der Waals surface area contributed by atoms with Crippen LogP contribution in [-0.4, -0.2) is 6.61 Å². The van der Waals surface area contributed by atoms with Crippen molar-refractivity contribution in [2.24, 2.45) is 0 Å². The van der Waals surface area contributed by atoms with Gasteiger partial charge in [-0.15, -0.1) is 6.58 Å². The molecule has 0 fully saturated rings. The molecule has 0 aliphatic carbocycles. The van der Waals surface area contributed by atoms with E-state index in [1.807, 2.05) is 0 Å². The molecule has 0 unspecified atom stereocenters. The number of alkyl halides is 2. The minimum Gasteiger partial charge on any atom is -0.490 e.